The molecule has 1 N–H and O–H groups in total. The lowest BCUT2D eigenvalue weighted by atomic mass is 10.1. The smallest absolute Gasteiger partial charge is 0.358 e. The Morgan fingerprint density at radius 2 is 1.96 bits per heavy atom. The molecule has 5 nitrogen and oxygen atoms in total. The van der Waals surface area contributed by atoms with Gasteiger partial charge in [-0.15, -0.1) is 0 Å². The van der Waals surface area contributed by atoms with Gasteiger partial charge in [-0.25, -0.2) is 0 Å². The Morgan fingerprint density at radius 3 is 2.56 bits per heavy atom. The second-order valence-corrected chi connectivity index (χ2v) is 7.43. The summed E-state index contributed by atoms with van der Waals surface area (Å²) in [7, 11) is 0. The van der Waals surface area contributed by atoms with Gasteiger partial charge in [-0.1, -0.05) is 36.1 Å². The van der Waals surface area contributed by atoms with Crippen LogP contribution in [0.5, 0.6) is 0 Å². The third-order valence-electron chi connectivity index (χ3n) is 4.12. The number of halogens is 3. The molecular weight excluding hydrogens is 399 g/mol. The van der Waals surface area contributed by atoms with Gasteiger partial charge in [-0.05, 0) is 26.0 Å². The summed E-state index contributed by atoms with van der Waals surface area (Å²) < 4.78 is 41.3. The summed E-state index contributed by atoms with van der Waals surface area (Å²) in [5, 5.41) is 2.44. The number of nitrogens with zero attached hydrogens (tertiary/aromatic N) is 2. The molecule has 1 heterocycles. The number of nitrogens with one attached hydrogen (secondary N) is 1. The number of alkyl halides is 3. The quantitative estimate of drug-likeness (QED) is 0.755. The normalized spacial score (nSPS) is 17.0. The summed E-state index contributed by atoms with van der Waals surface area (Å²) in [5.41, 5.74) is 0.212. The highest BCUT2D eigenvalue weighted by molar-refractivity contribution is 8.23. The molecule has 1 aromatic rings. The molecule has 0 aliphatic carbocycles. The average Bonchev–Trinajstić information content (AvgIpc) is 2.76. The van der Waals surface area contributed by atoms with Crippen molar-refractivity contribution < 1.29 is 22.8 Å². The third-order valence-corrected chi connectivity index (χ3v) is 5.62. The summed E-state index contributed by atoms with van der Waals surface area (Å²) in [5.74, 6) is -1.78. The van der Waals surface area contributed by atoms with E-state index in [-0.39, 0.29) is 17.1 Å². The molecule has 1 aromatic carbocycles. The van der Waals surface area contributed by atoms with Gasteiger partial charge in [0.25, 0.3) is 0 Å². The van der Waals surface area contributed by atoms with Gasteiger partial charge in [-0.2, -0.15) is 13.2 Å². The predicted molar refractivity (Wildman–Crippen MR) is 105 cm³/mol. The van der Waals surface area contributed by atoms with E-state index in [1.165, 1.54) is 18.2 Å². The van der Waals surface area contributed by atoms with Crippen LogP contribution in [-0.2, 0) is 9.59 Å². The molecule has 0 spiro atoms. The zero-order valence-corrected chi connectivity index (χ0v) is 16.5. The van der Waals surface area contributed by atoms with E-state index < -0.39 is 30.5 Å². The van der Waals surface area contributed by atoms with Gasteiger partial charge in [0, 0.05) is 13.1 Å². The van der Waals surface area contributed by atoms with Gasteiger partial charge in [-0.3, -0.25) is 14.5 Å². The van der Waals surface area contributed by atoms with Crippen LogP contribution in [0.2, 0.25) is 0 Å². The van der Waals surface area contributed by atoms with Gasteiger partial charge in [0.15, 0.2) is 0 Å². The lowest BCUT2D eigenvalue weighted by Crippen LogP contribution is -2.50. The lowest BCUT2D eigenvalue weighted by molar-refractivity contribution is -0.157. The predicted octanol–water partition coefficient (Wildman–Crippen LogP) is 3.65. The molecule has 2 rings (SSSR count). The van der Waals surface area contributed by atoms with Gasteiger partial charge < -0.3 is 10.2 Å². The number of fused-ring (bicyclic) bond motifs is 1. The molecule has 27 heavy (non-hydrogen) atoms. The Morgan fingerprint density at radius 1 is 1.33 bits per heavy atom. The summed E-state index contributed by atoms with van der Waals surface area (Å²) in [6.45, 7) is 5.10. The number of carbonyl (C=O) groups is 2. The Bertz CT molecular complexity index is 724. The fraction of sp³-hybridized carbons (Fsp3) is 0.471. The first-order chi connectivity index (χ1) is 12.7. The van der Waals surface area contributed by atoms with E-state index in [9.17, 15) is 22.8 Å². The number of carbonyl (C=O) groups excluding carboxylic acids is 2. The Labute approximate surface area is 165 Å². The average molecular weight is 419 g/mol. The minimum absolute atomic E-state index is 0.0324. The van der Waals surface area contributed by atoms with Crippen LogP contribution in [0.25, 0.3) is 0 Å². The molecule has 0 radical (unpaired) electrons. The van der Waals surface area contributed by atoms with Gasteiger partial charge in [0.2, 0.25) is 11.8 Å². The van der Waals surface area contributed by atoms with Crippen molar-refractivity contribution in [3.05, 3.63) is 24.3 Å². The summed E-state index contributed by atoms with van der Waals surface area (Å²) in [6, 6.07) is 3.75. The molecule has 148 valence electrons. The fourth-order valence-corrected chi connectivity index (χ4v) is 4.02. The lowest BCUT2D eigenvalue weighted by Gasteiger charge is -2.32. The Kier molecular flexibility index (Phi) is 7.10. The number of thioether (sulfide) groups is 1. The van der Waals surface area contributed by atoms with Crippen LogP contribution in [0.3, 0.4) is 0 Å². The third kappa shape index (κ3) is 5.13. The van der Waals surface area contributed by atoms with E-state index in [1.54, 1.807) is 6.07 Å². The molecule has 1 atom stereocenters. The summed E-state index contributed by atoms with van der Waals surface area (Å²) in [4.78, 5) is 27.2. The molecule has 0 fully saturated rings. The number of hydrogen-bond acceptors (Lipinski definition) is 4. The molecule has 10 heteroatoms. The number of benzene rings is 1. The highest BCUT2D eigenvalue weighted by Gasteiger charge is 2.48. The maximum atomic E-state index is 13.6. The number of para-hydroxylation sites is 2. The van der Waals surface area contributed by atoms with E-state index in [0.717, 1.165) is 11.8 Å². The number of thiocarbonyl (C=S) groups is 1. The van der Waals surface area contributed by atoms with Crippen LogP contribution in [0.1, 0.15) is 20.3 Å². The van der Waals surface area contributed by atoms with Crippen molar-refractivity contribution in [1.29, 1.82) is 0 Å². The number of hydrogen-bond donors (Lipinski definition) is 1. The van der Waals surface area contributed by atoms with Crippen molar-refractivity contribution in [2.24, 2.45) is 0 Å². The maximum Gasteiger partial charge on any atom is 0.409 e. The number of anilines is 2. The van der Waals surface area contributed by atoms with Crippen LogP contribution >= 0.6 is 24.0 Å². The topological polar surface area (TPSA) is 52.7 Å². The molecule has 0 saturated carbocycles. The Hall–Kier alpha value is -1.81. The zero-order chi connectivity index (χ0) is 20.2. The van der Waals surface area contributed by atoms with Crippen LogP contribution in [0.4, 0.5) is 24.5 Å². The summed E-state index contributed by atoms with van der Waals surface area (Å²) >= 11 is 6.27. The molecular formula is C17H20F3N3O2S2. The highest BCUT2D eigenvalue weighted by Crippen LogP contribution is 2.38. The number of rotatable bonds is 4. The molecule has 0 saturated heterocycles. The highest BCUT2D eigenvalue weighted by atomic mass is 32.2. The molecule has 0 aromatic heterocycles. The first-order valence-corrected chi connectivity index (χ1v) is 9.77. The first-order valence-electron chi connectivity index (χ1n) is 8.38. The van der Waals surface area contributed by atoms with E-state index >= 15 is 0 Å². The van der Waals surface area contributed by atoms with E-state index in [2.05, 4.69) is 5.32 Å². The van der Waals surface area contributed by atoms with Crippen LogP contribution < -0.4 is 10.2 Å². The molecule has 0 bridgehead atoms. The standard InChI is InChI=1S/C17H20F3N3O2S2/c1-3-22(4-2)16(26)27-10-15(25)23-12-8-6-5-7-11(12)21-14(24)9-13(23)17(18,19)20/h5-8,13H,3-4,9-10H2,1-2H3,(H,21,24). The van der Waals surface area contributed by atoms with E-state index in [0.29, 0.717) is 22.3 Å². The SMILES string of the molecule is CCN(CC)C(=S)SCC(=O)N1c2ccccc2NC(=O)CC1C(F)(F)F. The van der Waals surface area contributed by atoms with E-state index in [4.69, 9.17) is 12.2 Å². The van der Waals surface area contributed by atoms with Crippen molar-refractivity contribution in [3.63, 3.8) is 0 Å². The Balaban J connectivity index is 2.32. The van der Waals surface area contributed by atoms with Crippen LogP contribution in [-0.4, -0.2) is 52.1 Å². The molecule has 2 amide bonds. The summed E-state index contributed by atoms with van der Waals surface area (Å²) in [6.07, 6.45) is -5.59. The zero-order valence-electron chi connectivity index (χ0n) is 14.9. The van der Waals surface area contributed by atoms with Crippen molar-refractivity contribution in [2.75, 3.05) is 29.1 Å². The van der Waals surface area contributed by atoms with Gasteiger partial charge in [0.1, 0.15) is 10.4 Å². The minimum atomic E-state index is -4.74. The van der Waals surface area contributed by atoms with Crippen LogP contribution in [0.15, 0.2) is 24.3 Å². The van der Waals surface area contributed by atoms with Crippen molar-refractivity contribution >= 4 is 51.5 Å². The molecule has 1 aliphatic heterocycles. The van der Waals surface area contributed by atoms with Gasteiger partial charge >= 0.3 is 6.18 Å². The fourth-order valence-electron chi connectivity index (χ4n) is 2.76. The maximum absolute atomic E-state index is 13.6. The van der Waals surface area contributed by atoms with Crippen molar-refractivity contribution in [3.8, 4) is 0 Å². The largest absolute Gasteiger partial charge is 0.409 e. The van der Waals surface area contributed by atoms with Crippen LogP contribution in [0, 0.1) is 0 Å². The molecule has 1 aliphatic rings. The van der Waals surface area contributed by atoms with Crippen molar-refractivity contribution in [2.45, 2.75) is 32.5 Å². The second kappa shape index (κ2) is 8.92. The molecule has 1 unspecified atom stereocenters. The monoisotopic (exact) mass is 419 g/mol. The number of amides is 2. The first kappa shape index (κ1) is 21.5. The van der Waals surface area contributed by atoms with E-state index in [1.807, 2.05) is 18.7 Å². The van der Waals surface area contributed by atoms with Crippen molar-refractivity contribution in [1.82, 2.24) is 4.90 Å². The second-order valence-electron chi connectivity index (χ2n) is 5.82. The minimum Gasteiger partial charge on any atom is -0.358 e. The van der Waals surface area contributed by atoms with Gasteiger partial charge in [0.05, 0.1) is 23.5 Å².